The molecule has 1 aliphatic heterocycles. The first-order valence-electron chi connectivity index (χ1n) is 6.21. The van der Waals surface area contributed by atoms with Crippen LogP contribution in [0, 0.1) is 0 Å². The van der Waals surface area contributed by atoms with Gasteiger partial charge in [-0.1, -0.05) is 6.07 Å². The third-order valence-electron chi connectivity index (χ3n) is 3.12. The molecule has 1 N–H and O–H groups in total. The number of carbonyl (C=O) groups is 2. The van der Waals surface area contributed by atoms with E-state index in [2.05, 4.69) is 5.32 Å². The van der Waals surface area contributed by atoms with E-state index in [-0.39, 0.29) is 17.5 Å². The lowest BCUT2D eigenvalue weighted by molar-refractivity contribution is -0.130. The molecule has 0 bridgehead atoms. The normalized spacial score (nSPS) is 17.7. The van der Waals surface area contributed by atoms with Gasteiger partial charge in [-0.15, -0.1) is 0 Å². The molecule has 2 rings (SSSR count). The zero-order valence-electron chi connectivity index (χ0n) is 11.0. The number of imide groups is 1. The number of nitrogens with zero attached hydrogens (tertiary/aromatic N) is 2. The molecule has 6 nitrogen and oxygen atoms in total. The van der Waals surface area contributed by atoms with E-state index in [0.29, 0.717) is 19.5 Å². The van der Waals surface area contributed by atoms with Crippen LogP contribution in [0.2, 0.25) is 0 Å². The first kappa shape index (κ1) is 13.3. The average molecular weight is 263 g/mol. The maximum absolute atomic E-state index is 11.9. The Morgan fingerprint density at radius 1 is 1.16 bits per heavy atom. The Kier molecular flexibility index (Phi) is 3.42. The molecule has 1 fully saturated rings. The van der Waals surface area contributed by atoms with Crippen LogP contribution in [0.25, 0.3) is 0 Å². The molecular weight excluding hydrogens is 246 g/mol. The maximum Gasteiger partial charge on any atom is 0.325 e. The predicted molar refractivity (Wildman–Crippen MR) is 69.6 cm³/mol. The molecule has 0 radical (unpaired) electrons. The lowest BCUT2D eigenvalue weighted by atomic mass is 10.1. The molecule has 1 saturated heterocycles. The van der Waals surface area contributed by atoms with Gasteiger partial charge in [0.2, 0.25) is 5.56 Å². The molecule has 0 aromatic carbocycles. The van der Waals surface area contributed by atoms with Crippen LogP contribution in [-0.2, 0) is 11.3 Å². The molecule has 0 aliphatic carbocycles. The van der Waals surface area contributed by atoms with Crippen molar-refractivity contribution in [2.75, 3.05) is 6.54 Å². The highest BCUT2D eigenvalue weighted by Gasteiger charge is 2.43. The van der Waals surface area contributed by atoms with Crippen LogP contribution in [0.15, 0.2) is 29.2 Å². The molecule has 3 amide bonds. The SMILES string of the molecule is CC1(C)NC(=O)N(CCCn2ccccc2=O)C1=O. The van der Waals surface area contributed by atoms with Crippen LogP contribution in [0.1, 0.15) is 20.3 Å². The van der Waals surface area contributed by atoms with E-state index in [1.807, 2.05) is 0 Å². The molecule has 6 heteroatoms. The Balaban J connectivity index is 1.94. The van der Waals surface area contributed by atoms with Gasteiger partial charge in [0.15, 0.2) is 0 Å². The van der Waals surface area contributed by atoms with Crippen molar-refractivity contribution >= 4 is 11.9 Å². The van der Waals surface area contributed by atoms with Crippen LogP contribution in [-0.4, -0.2) is 33.5 Å². The number of amides is 3. The van der Waals surface area contributed by atoms with Gasteiger partial charge in [-0.3, -0.25) is 14.5 Å². The van der Waals surface area contributed by atoms with Gasteiger partial charge in [-0.25, -0.2) is 4.79 Å². The first-order valence-corrected chi connectivity index (χ1v) is 6.21. The number of aryl methyl sites for hydroxylation is 1. The molecule has 1 aromatic rings. The summed E-state index contributed by atoms with van der Waals surface area (Å²) < 4.78 is 1.56. The van der Waals surface area contributed by atoms with Gasteiger partial charge >= 0.3 is 6.03 Å². The van der Waals surface area contributed by atoms with Crippen LogP contribution in [0.4, 0.5) is 4.79 Å². The van der Waals surface area contributed by atoms with Crippen molar-refractivity contribution < 1.29 is 9.59 Å². The first-order chi connectivity index (χ1) is 8.92. The van der Waals surface area contributed by atoms with Gasteiger partial charge in [0, 0.05) is 25.4 Å². The number of pyridine rings is 1. The molecule has 2 heterocycles. The Hall–Kier alpha value is -2.11. The summed E-state index contributed by atoms with van der Waals surface area (Å²) in [4.78, 5) is 36.2. The second-order valence-corrected chi connectivity index (χ2v) is 5.10. The highest BCUT2D eigenvalue weighted by molar-refractivity contribution is 6.06. The predicted octanol–water partition coefficient (Wildman–Crippen LogP) is 0.569. The van der Waals surface area contributed by atoms with Crippen molar-refractivity contribution in [3.63, 3.8) is 0 Å². The fraction of sp³-hybridized carbons (Fsp3) is 0.462. The van der Waals surface area contributed by atoms with E-state index < -0.39 is 5.54 Å². The summed E-state index contributed by atoms with van der Waals surface area (Å²) in [5, 5.41) is 2.62. The third kappa shape index (κ3) is 2.67. The maximum atomic E-state index is 11.9. The van der Waals surface area contributed by atoms with Crippen LogP contribution >= 0.6 is 0 Å². The second kappa shape index (κ2) is 4.87. The van der Waals surface area contributed by atoms with Crippen LogP contribution in [0.5, 0.6) is 0 Å². The Bertz CT molecular complexity index is 562. The van der Waals surface area contributed by atoms with Crippen LogP contribution < -0.4 is 10.9 Å². The standard InChI is InChI=1S/C13H17N3O3/c1-13(2)11(18)16(12(19)14-13)9-5-8-15-7-4-3-6-10(15)17/h3-4,6-7H,5,8-9H2,1-2H3,(H,14,19). The van der Waals surface area contributed by atoms with Gasteiger partial charge in [-0.2, -0.15) is 0 Å². The molecule has 0 saturated carbocycles. The van der Waals surface area contributed by atoms with E-state index in [9.17, 15) is 14.4 Å². The van der Waals surface area contributed by atoms with Crippen molar-refractivity contribution in [3.8, 4) is 0 Å². The largest absolute Gasteiger partial charge is 0.325 e. The number of carbonyl (C=O) groups excluding carboxylic acids is 2. The summed E-state index contributed by atoms with van der Waals surface area (Å²) >= 11 is 0. The highest BCUT2D eigenvalue weighted by Crippen LogP contribution is 2.16. The monoisotopic (exact) mass is 263 g/mol. The number of aromatic nitrogens is 1. The lowest BCUT2D eigenvalue weighted by Crippen LogP contribution is -2.40. The molecule has 19 heavy (non-hydrogen) atoms. The zero-order chi connectivity index (χ0) is 14.0. The molecular formula is C13H17N3O3. The molecule has 1 aromatic heterocycles. The summed E-state index contributed by atoms with van der Waals surface area (Å²) in [7, 11) is 0. The smallest absolute Gasteiger partial charge is 0.324 e. The number of urea groups is 1. The van der Waals surface area contributed by atoms with E-state index in [4.69, 9.17) is 0 Å². The lowest BCUT2D eigenvalue weighted by Gasteiger charge is -2.16. The fourth-order valence-corrected chi connectivity index (χ4v) is 2.07. The van der Waals surface area contributed by atoms with Gasteiger partial charge in [0.25, 0.3) is 5.91 Å². The van der Waals surface area contributed by atoms with Gasteiger partial charge in [0.1, 0.15) is 5.54 Å². The summed E-state index contributed by atoms with van der Waals surface area (Å²) in [6, 6.07) is 4.57. The second-order valence-electron chi connectivity index (χ2n) is 5.10. The van der Waals surface area contributed by atoms with Crippen molar-refractivity contribution in [2.45, 2.75) is 32.4 Å². The summed E-state index contributed by atoms with van der Waals surface area (Å²) in [6.07, 6.45) is 2.25. The highest BCUT2D eigenvalue weighted by atomic mass is 16.2. The molecule has 102 valence electrons. The van der Waals surface area contributed by atoms with Crippen molar-refractivity contribution in [3.05, 3.63) is 34.7 Å². The topological polar surface area (TPSA) is 71.4 Å². The van der Waals surface area contributed by atoms with Crippen LogP contribution in [0.3, 0.4) is 0 Å². The average Bonchev–Trinajstić information content (AvgIpc) is 2.53. The van der Waals surface area contributed by atoms with E-state index in [1.54, 1.807) is 36.7 Å². The van der Waals surface area contributed by atoms with Gasteiger partial charge in [-0.05, 0) is 26.3 Å². The van der Waals surface area contributed by atoms with E-state index in [0.717, 1.165) is 0 Å². The zero-order valence-corrected chi connectivity index (χ0v) is 11.0. The number of hydrogen-bond acceptors (Lipinski definition) is 3. The fourth-order valence-electron chi connectivity index (χ4n) is 2.07. The summed E-state index contributed by atoms with van der Waals surface area (Å²) in [6.45, 7) is 4.15. The minimum atomic E-state index is -0.833. The van der Waals surface area contributed by atoms with Gasteiger partial charge < -0.3 is 9.88 Å². The molecule has 1 aliphatic rings. The van der Waals surface area contributed by atoms with Crippen molar-refractivity contribution in [1.29, 1.82) is 0 Å². The Labute approximate surface area is 111 Å². The molecule has 0 spiro atoms. The number of rotatable bonds is 4. The minimum Gasteiger partial charge on any atom is -0.324 e. The number of hydrogen-bond donors (Lipinski definition) is 1. The molecule has 0 atom stereocenters. The van der Waals surface area contributed by atoms with Gasteiger partial charge in [0.05, 0.1) is 0 Å². The van der Waals surface area contributed by atoms with Crippen molar-refractivity contribution in [2.24, 2.45) is 0 Å². The Morgan fingerprint density at radius 2 is 1.89 bits per heavy atom. The van der Waals surface area contributed by atoms with E-state index >= 15 is 0 Å². The quantitative estimate of drug-likeness (QED) is 0.807. The third-order valence-corrected chi connectivity index (χ3v) is 3.12. The summed E-state index contributed by atoms with van der Waals surface area (Å²) in [5.74, 6) is -0.224. The van der Waals surface area contributed by atoms with E-state index in [1.165, 1.54) is 11.0 Å². The number of nitrogens with one attached hydrogen (secondary N) is 1. The summed E-state index contributed by atoms with van der Waals surface area (Å²) in [5.41, 5.74) is -0.916. The van der Waals surface area contributed by atoms with Crippen molar-refractivity contribution in [1.82, 2.24) is 14.8 Å². The molecule has 0 unspecified atom stereocenters. The minimum absolute atomic E-state index is 0.0833. The Morgan fingerprint density at radius 3 is 2.47 bits per heavy atom.